The number of phenols is 1. The van der Waals surface area contributed by atoms with E-state index < -0.39 is 5.97 Å². The molecular formula is C11H14O3. The van der Waals surface area contributed by atoms with E-state index in [1.165, 1.54) is 12.1 Å². The number of hydrogen-bond donors (Lipinski definition) is 1. The van der Waals surface area contributed by atoms with Gasteiger partial charge in [-0.15, -0.1) is 13.2 Å². The number of carbonyl (C=O) groups excluding carboxylic acids is 1. The van der Waals surface area contributed by atoms with Crippen molar-refractivity contribution in [3.05, 3.63) is 43.0 Å². The maximum Gasteiger partial charge on any atom is 0.341 e. The van der Waals surface area contributed by atoms with Crippen LogP contribution in [0.25, 0.3) is 0 Å². The molecule has 0 spiro atoms. The lowest BCUT2D eigenvalue weighted by Crippen LogP contribution is -2.04. The van der Waals surface area contributed by atoms with E-state index in [0.717, 1.165) is 0 Å². The zero-order valence-corrected chi connectivity index (χ0v) is 8.19. The molecule has 0 atom stereocenters. The number of para-hydroxylation sites is 1. The van der Waals surface area contributed by atoms with Crippen molar-refractivity contribution in [3.8, 4) is 5.75 Å². The minimum absolute atomic E-state index is 0.0454. The molecule has 0 unspecified atom stereocenters. The first-order valence-electron chi connectivity index (χ1n) is 4.20. The van der Waals surface area contributed by atoms with Crippen LogP contribution in [0.2, 0.25) is 0 Å². The van der Waals surface area contributed by atoms with Gasteiger partial charge in [-0.1, -0.05) is 12.1 Å². The van der Waals surface area contributed by atoms with Crippen LogP contribution < -0.4 is 0 Å². The number of benzene rings is 1. The molecule has 3 nitrogen and oxygen atoms in total. The predicted octanol–water partition coefficient (Wildman–Crippen LogP) is 2.37. The summed E-state index contributed by atoms with van der Waals surface area (Å²) in [6.07, 6.45) is 0. The molecule has 1 aromatic carbocycles. The summed E-state index contributed by atoms with van der Waals surface area (Å²) in [4.78, 5) is 11.1. The normalized spacial score (nSPS) is 8.36. The van der Waals surface area contributed by atoms with E-state index in [1.54, 1.807) is 19.1 Å². The Hall–Kier alpha value is -1.77. The molecule has 3 heteroatoms. The molecule has 0 aliphatic heterocycles. The first-order valence-corrected chi connectivity index (χ1v) is 4.20. The predicted molar refractivity (Wildman–Crippen MR) is 55.3 cm³/mol. The minimum Gasteiger partial charge on any atom is -0.507 e. The third kappa shape index (κ3) is 3.31. The Balaban J connectivity index is 0.000000791. The van der Waals surface area contributed by atoms with E-state index in [0.29, 0.717) is 6.61 Å². The molecule has 0 saturated carbocycles. The Bertz CT molecular complexity index is 294. The summed E-state index contributed by atoms with van der Waals surface area (Å²) in [6, 6.07) is 6.30. The van der Waals surface area contributed by atoms with Crippen LogP contribution in [0.1, 0.15) is 17.3 Å². The zero-order chi connectivity index (χ0) is 11.0. The minimum atomic E-state index is -0.490. The summed E-state index contributed by atoms with van der Waals surface area (Å²) in [5.74, 6) is -0.536. The van der Waals surface area contributed by atoms with Crippen molar-refractivity contribution in [3.63, 3.8) is 0 Å². The maximum absolute atomic E-state index is 11.1. The van der Waals surface area contributed by atoms with E-state index in [-0.39, 0.29) is 11.3 Å². The van der Waals surface area contributed by atoms with Crippen molar-refractivity contribution < 1.29 is 14.6 Å². The van der Waals surface area contributed by atoms with Crippen LogP contribution in [0, 0.1) is 0 Å². The Morgan fingerprint density at radius 3 is 2.50 bits per heavy atom. The van der Waals surface area contributed by atoms with Gasteiger partial charge in [0.2, 0.25) is 0 Å². The molecule has 0 heterocycles. The summed E-state index contributed by atoms with van der Waals surface area (Å²) in [5.41, 5.74) is 0.208. The molecule has 1 rings (SSSR count). The molecule has 0 fully saturated rings. The fourth-order valence-electron chi connectivity index (χ4n) is 0.855. The van der Waals surface area contributed by atoms with Gasteiger partial charge in [0.1, 0.15) is 11.3 Å². The van der Waals surface area contributed by atoms with Crippen LogP contribution in [0.5, 0.6) is 5.75 Å². The van der Waals surface area contributed by atoms with Crippen LogP contribution in [0.3, 0.4) is 0 Å². The van der Waals surface area contributed by atoms with Gasteiger partial charge in [-0.25, -0.2) is 4.79 Å². The van der Waals surface area contributed by atoms with E-state index in [1.807, 2.05) is 0 Å². The lowest BCUT2D eigenvalue weighted by molar-refractivity contribution is 0.0523. The van der Waals surface area contributed by atoms with Gasteiger partial charge in [0.05, 0.1) is 6.61 Å². The van der Waals surface area contributed by atoms with Crippen molar-refractivity contribution in [1.29, 1.82) is 0 Å². The number of hydrogen-bond acceptors (Lipinski definition) is 3. The second-order valence-corrected chi connectivity index (χ2v) is 2.24. The van der Waals surface area contributed by atoms with Crippen LogP contribution in [-0.4, -0.2) is 17.7 Å². The molecule has 1 N–H and O–H groups in total. The lowest BCUT2D eigenvalue weighted by atomic mass is 10.2. The van der Waals surface area contributed by atoms with Crippen LogP contribution >= 0.6 is 0 Å². The lowest BCUT2D eigenvalue weighted by Gasteiger charge is -2.02. The number of ether oxygens (including phenoxy) is 1. The van der Waals surface area contributed by atoms with Crippen LogP contribution in [-0.2, 0) is 4.74 Å². The summed E-state index contributed by atoms with van der Waals surface area (Å²) in [7, 11) is 0. The highest BCUT2D eigenvalue weighted by molar-refractivity contribution is 5.92. The second-order valence-electron chi connectivity index (χ2n) is 2.24. The Labute approximate surface area is 83.6 Å². The second kappa shape index (κ2) is 6.71. The zero-order valence-electron chi connectivity index (χ0n) is 8.19. The number of rotatable bonds is 2. The summed E-state index contributed by atoms with van der Waals surface area (Å²) >= 11 is 0. The average molecular weight is 194 g/mol. The highest BCUT2D eigenvalue weighted by atomic mass is 16.5. The van der Waals surface area contributed by atoms with Crippen LogP contribution in [0.15, 0.2) is 37.4 Å². The molecule has 0 amide bonds. The maximum atomic E-state index is 11.1. The third-order valence-electron chi connectivity index (χ3n) is 1.40. The molecule has 14 heavy (non-hydrogen) atoms. The molecule has 0 aliphatic carbocycles. The Kier molecular flexibility index (Phi) is 5.87. The molecule has 0 radical (unpaired) electrons. The summed E-state index contributed by atoms with van der Waals surface area (Å²) in [5, 5.41) is 9.21. The van der Waals surface area contributed by atoms with Crippen LogP contribution in [0.4, 0.5) is 0 Å². The molecule has 76 valence electrons. The van der Waals surface area contributed by atoms with Crippen molar-refractivity contribution in [2.45, 2.75) is 6.92 Å². The fraction of sp³-hybridized carbons (Fsp3) is 0.182. The van der Waals surface area contributed by atoms with Crippen molar-refractivity contribution in [2.24, 2.45) is 0 Å². The van der Waals surface area contributed by atoms with E-state index in [4.69, 9.17) is 4.74 Å². The van der Waals surface area contributed by atoms with E-state index in [9.17, 15) is 9.90 Å². The molecule has 1 aromatic rings. The molecule has 0 bridgehead atoms. The monoisotopic (exact) mass is 194 g/mol. The quantitative estimate of drug-likeness (QED) is 0.580. The Morgan fingerprint density at radius 2 is 2.00 bits per heavy atom. The SMILES string of the molecule is C=C.CCOC(=O)c1ccccc1O. The standard InChI is InChI=1S/C9H10O3.C2H4/c1-2-12-9(11)7-5-3-4-6-8(7)10;1-2/h3-6,10H,2H2,1H3;1-2H2. The molecule has 0 aliphatic rings. The number of carbonyl (C=O) groups is 1. The Morgan fingerprint density at radius 1 is 1.43 bits per heavy atom. The van der Waals surface area contributed by atoms with Gasteiger partial charge in [0, 0.05) is 0 Å². The van der Waals surface area contributed by atoms with Gasteiger partial charge >= 0.3 is 5.97 Å². The third-order valence-corrected chi connectivity index (χ3v) is 1.40. The van der Waals surface area contributed by atoms with Crippen molar-refractivity contribution in [1.82, 2.24) is 0 Å². The fourth-order valence-corrected chi connectivity index (χ4v) is 0.855. The molecule has 0 aromatic heterocycles. The largest absolute Gasteiger partial charge is 0.507 e. The highest BCUT2D eigenvalue weighted by Gasteiger charge is 2.09. The smallest absolute Gasteiger partial charge is 0.341 e. The number of esters is 1. The molecular weight excluding hydrogens is 180 g/mol. The van der Waals surface area contributed by atoms with Gasteiger partial charge in [-0.3, -0.25) is 0 Å². The van der Waals surface area contributed by atoms with Gasteiger partial charge in [0.25, 0.3) is 0 Å². The topological polar surface area (TPSA) is 46.5 Å². The van der Waals surface area contributed by atoms with Crippen molar-refractivity contribution in [2.75, 3.05) is 6.61 Å². The number of aromatic hydroxyl groups is 1. The van der Waals surface area contributed by atoms with Crippen molar-refractivity contribution >= 4 is 5.97 Å². The highest BCUT2D eigenvalue weighted by Crippen LogP contribution is 2.16. The first-order chi connectivity index (χ1) is 6.75. The summed E-state index contributed by atoms with van der Waals surface area (Å²) in [6.45, 7) is 8.03. The summed E-state index contributed by atoms with van der Waals surface area (Å²) < 4.78 is 4.71. The van der Waals surface area contributed by atoms with Gasteiger partial charge in [-0.05, 0) is 19.1 Å². The van der Waals surface area contributed by atoms with E-state index in [2.05, 4.69) is 13.2 Å². The molecule has 0 saturated heterocycles. The number of phenolic OH excluding ortho intramolecular Hbond substituents is 1. The van der Waals surface area contributed by atoms with Gasteiger partial charge in [0.15, 0.2) is 0 Å². The van der Waals surface area contributed by atoms with Gasteiger partial charge < -0.3 is 9.84 Å². The average Bonchev–Trinajstić information content (AvgIpc) is 2.22. The first kappa shape index (κ1) is 12.2. The van der Waals surface area contributed by atoms with Gasteiger partial charge in [-0.2, -0.15) is 0 Å². The van der Waals surface area contributed by atoms with E-state index >= 15 is 0 Å².